The van der Waals surface area contributed by atoms with Crippen LogP contribution in [0.3, 0.4) is 0 Å². The molecule has 234 valence electrons. The summed E-state index contributed by atoms with van der Waals surface area (Å²) in [6.45, 7) is 6.16. The molecule has 0 spiro atoms. The largest absolute Gasteiger partial charge is 0.466 e. The van der Waals surface area contributed by atoms with Crippen LogP contribution >= 0.6 is 0 Å². The van der Waals surface area contributed by atoms with E-state index in [2.05, 4.69) is 70.9 Å². The van der Waals surface area contributed by atoms with Crippen molar-refractivity contribution in [3.8, 4) is 0 Å². The fourth-order valence-electron chi connectivity index (χ4n) is 6.80. The molecule has 3 aromatic rings. The average Bonchev–Trinajstić information content (AvgIpc) is 3.07. The van der Waals surface area contributed by atoms with Crippen molar-refractivity contribution in [3.05, 3.63) is 134 Å². The van der Waals surface area contributed by atoms with Crippen LogP contribution in [-0.4, -0.2) is 55.1 Å². The SMILES string of the molecule is COC(=O)C1=C(C)NC(C)=C(C(=O)OCCCN2CCC(c3ccccc3)(c3ccccc3)CC2)C1c1ccccc1[N+](=O)[O-]. The Hall–Kier alpha value is -4.76. The lowest BCUT2D eigenvalue weighted by Crippen LogP contribution is -2.43. The van der Waals surface area contributed by atoms with Gasteiger partial charge in [-0.1, -0.05) is 78.9 Å². The molecule has 5 rings (SSSR count). The zero-order valence-electron chi connectivity index (χ0n) is 26.0. The number of esters is 2. The van der Waals surface area contributed by atoms with Gasteiger partial charge < -0.3 is 19.7 Å². The summed E-state index contributed by atoms with van der Waals surface area (Å²) in [5.74, 6) is -2.31. The Morgan fingerprint density at radius 1 is 0.867 bits per heavy atom. The number of nitro groups is 1. The fraction of sp³-hybridized carbons (Fsp3) is 0.333. The number of nitro benzene ring substituents is 1. The van der Waals surface area contributed by atoms with Crippen molar-refractivity contribution in [2.75, 3.05) is 33.4 Å². The van der Waals surface area contributed by atoms with E-state index in [0.717, 1.165) is 32.5 Å². The summed E-state index contributed by atoms with van der Waals surface area (Å²) in [6.07, 6.45) is 2.60. The number of benzene rings is 3. The third-order valence-corrected chi connectivity index (χ3v) is 9.04. The second kappa shape index (κ2) is 13.9. The highest BCUT2D eigenvalue weighted by molar-refractivity contribution is 6.00. The highest BCUT2D eigenvalue weighted by Crippen LogP contribution is 2.43. The molecule has 1 atom stereocenters. The van der Waals surface area contributed by atoms with Gasteiger partial charge in [-0.15, -0.1) is 0 Å². The molecule has 45 heavy (non-hydrogen) atoms. The summed E-state index contributed by atoms with van der Waals surface area (Å²) in [6, 6.07) is 27.5. The van der Waals surface area contributed by atoms with Crippen LogP contribution in [0.4, 0.5) is 5.69 Å². The topological polar surface area (TPSA) is 111 Å². The lowest BCUT2D eigenvalue weighted by atomic mass is 9.68. The van der Waals surface area contributed by atoms with Crippen LogP contribution in [0.25, 0.3) is 0 Å². The van der Waals surface area contributed by atoms with Gasteiger partial charge in [-0.05, 0) is 57.3 Å². The van der Waals surface area contributed by atoms with E-state index in [-0.39, 0.29) is 34.4 Å². The van der Waals surface area contributed by atoms with Crippen molar-refractivity contribution in [3.63, 3.8) is 0 Å². The Kier molecular flexibility index (Phi) is 9.78. The van der Waals surface area contributed by atoms with E-state index in [4.69, 9.17) is 9.47 Å². The van der Waals surface area contributed by atoms with Crippen molar-refractivity contribution >= 4 is 17.6 Å². The molecule has 1 N–H and O–H groups in total. The minimum Gasteiger partial charge on any atom is -0.466 e. The van der Waals surface area contributed by atoms with E-state index in [9.17, 15) is 19.7 Å². The average molecular weight is 610 g/mol. The number of carbonyl (C=O) groups excluding carboxylic acids is 2. The first-order chi connectivity index (χ1) is 21.8. The van der Waals surface area contributed by atoms with Gasteiger partial charge in [-0.2, -0.15) is 0 Å². The van der Waals surface area contributed by atoms with Gasteiger partial charge in [0.25, 0.3) is 5.69 Å². The van der Waals surface area contributed by atoms with E-state index in [1.807, 2.05) is 0 Å². The number of allylic oxidation sites excluding steroid dienone is 2. The maximum Gasteiger partial charge on any atom is 0.336 e. The van der Waals surface area contributed by atoms with Crippen LogP contribution in [0.5, 0.6) is 0 Å². The molecule has 0 bridgehead atoms. The minimum absolute atomic E-state index is 0.0402. The number of hydrogen-bond acceptors (Lipinski definition) is 8. The van der Waals surface area contributed by atoms with Gasteiger partial charge in [0.2, 0.25) is 0 Å². The first-order valence-corrected chi connectivity index (χ1v) is 15.3. The van der Waals surface area contributed by atoms with Crippen LogP contribution in [-0.2, 0) is 24.5 Å². The maximum absolute atomic E-state index is 13.6. The second-order valence-electron chi connectivity index (χ2n) is 11.6. The Bertz CT molecular complexity index is 1570. The molecule has 3 aromatic carbocycles. The molecule has 0 aliphatic carbocycles. The summed E-state index contributed by atoms with van der Waals surface area (Å²) in [7, 11) is 1.24. The summed E-state index contributed by atoms with van der Waals surface area (Å²) >= 11 is 0. The number of nitrogens with zero attached hydrogens (tertiary/aromatic N) is 2. The molecule has 1 unspecified atom stereocenters. The van der Waals surface area contributed by atoms with Gasteiger partial charge in [0.05, 0.1) is 35.7 Å². The number of piperidine rings is 1. The first kappa shape index (κ1) is 31.7. The summed E-state index contributed by atoms with van der Waals surface area (Å²) in [4.78, 5) is 40.3. The normalized spacial score (nSPS) is 18.2. The first-order valence-electron chi connectivity index (χ1n) is 15.3. The summed E-state index contributed by atoms with van der Waals surface area (Å²) in [5, 5.41) is 15.0. The minimum atomic E-state index is -1.01. The molecule has 0 amide bonds. The third kappa shape index (κ3) is 6.54. The lowest BCUT2D eigenvalue weighted by molar-refractivity contribution is -0.385. The van der Waals surface area contributed by atoms with Crippen molar-refractivity contribution in [2.24, 2.45) is 0 Å². The van der Waals surface area contributed by atoms with Crippen molar-refractivity contribution in [2.45, 2.75) is 44.4 Å². The molecule has 2 aliphatic rings. The molecule has 0 radical (unpaired) electrons. The van der Waals surface area contributed by atoms with Crippen molar-refractivity contribution in [1.82, 2.24) is 10.2 Å². The van der Waals surface area contributed by atoms with E-state index in [1.54, 1.807) is 32.0 Å². The van der Waals surface area contributed by atoms with E-state index >= 15 is 0 Å². The predicted octanol–water partition coefficient (Wildman–Crippen LogP) is 6.02. The van der Waals surface area contributed by atoms with Crippen LogP contribution < -0.4 is 5.32 Å². The van der Waals surface area contributed by atoms with Gasteiger partial charge in [-0.25, -0.2) is 9.59 Å². The van der Waals surface area contributed by atoms with Gasteiger partial charge >= 0.3 is 11.9 Å². The number of rotatable bonds is 10. The third-order valence-electron chi connectivity index (χ3n) is 9.04. The fourth-order valence-corrected chi connectivity index (χ4v) is 6.80. The molecule has 0 saturated carbocycles. The van der Waals surface area contributed by atoms with E-state index < -0.39 is 22.8 Å². The van der Waals surface area contributed by atoms with Crippen molar-refractivity contribution < 1.29 is 24.0 Å². The number of carbonyl (C=O) groups is 2. The molecule has 1 saturated heterocycles. The van der Waals surface area contributed by atoms with Crippen molar-refractivity contribution in [1.29, 1.82) is 0 Å². The molecule has 2 heterocycles. The zero-order chi connectivity index (χ0) is 32.0. The molecule has 9 nitrogen and oxygen atoms in total. The van der Waals surface area contributed by atoms with E-state index in [0.29, 0.717) is 17.8 Å². The molecular formula is C36H39N3O6. The quantitative estimate of drug-likeness (QED) is 0.129. The summed E-state index contributed by atoms with van der Waals surface area (Å²) in [5.41, 5.74) is 3.89. The number of hydrogen-bond donors (Lipinski definition) is 1. The Labute approximate surface area is 263 Å². The summed E-state index contributed by atoms with van der Waals surface area (Å²) < 4.78 is 10.8. The van der Waals surface area contributed by atoms with Crippen LogP contribution in [0, 0.1) is 10.1 Å². The highest BCUT2D eigenvalue weighted by atomic mass is 16.6. The molecule has 9 heteroatoms. The Balaban J connectivity index is 1.26. The maximum atomic E-state index is 13.6. The van der Waals surface area contributed by atoms with Gasteiger partial charge in [0, 0.05) is 35.0 Å². The number of dihydropyridines is 1. The van der Waals surface area contributed by atoms with E-state index in [1.165, 1.54) is 24.3 Å². The van der Waals surface area contributed by atoms with Crippen LogP contribution in [0.2, 0.25) is 0 Å². The van der Waals surface area contributed by atoms with Gasteiger partial charge in [-0.3, -0.25) is 10.1 Å². The van der Waals surface area contributed by atoms with Crippen LogP contribution in [0.1, 0.15) is 55.7 Å². The Morgan fingerprint density at radius 2 is 1.40 bits per heavy atom. The molecule has 2 aliphatic heterocycles. The van der Waals surface area contributed by atoms with Gasteiger partial charge in [0.15, 0.2) is 0 Å². The monoisotopic (exact) mass is 609 g/mol. The van der Waals surface area contributed by atoms with Gasteiger partial charge in [0.1, 0.15) is 0 Å². The molecular weight excluding hydrogens is 570 g/mol. The predicted molar refractivity (Wildman–Crippen MR) is 171 cm³/mol. The number of ether oxygens (including phenoxy) is 2. The smallest absolute Gasteiger partial charge is 0.336 e. The molecule has 1 fully saturated rings. The number of methoxy groups -OCH3 is 1. The lowest BCUT2D eigenvalue weighted by Gasteiger charge is -2.43. The second-order valence-corrected chi connectivity index (χ2v) is 11.6. The van der Waals surface area contributed by atoms with Crippen LogP contribution in [0.15, 0.2) is 107 Å². The standard InChI is InChI=1S/C36H39N3O6/c1-25-31(34(40)44-3)33(29-17-10-11-18-30(29)39(42)43)32(26(2)37-25)35(41)45-24-12-21-38-22-19-36(20-23-38,27-13-6-4-7-14-27)28-15-8-5-9-16-28/h4-11,13-18,33,37H,12,19-24H2,1-3H3. The molecule has 0 aromatic heterocycles. The highest BCUT2D eigenvalue weighted by Gasteiger charge is 2.41. The number of likely N-dealkylation sites (tertiary alicyclic amines) is 1. The Morgan fingerprint density at radius 3 is 1.96 bits per heavy atom. The number of para-hydroxylation sites is 1. The zero-order valence-corrected chi connectivity index (χ0v) is 26.0. The number of nitrogens with one attached hydrogen (secondary N) is 1.